The van der Waals surface area contributed by atoms with Gasteiger partial charge < -0.3 is 9.15 Å². The first-order chi connectivity index (χ1) is 12.2. The van der Waals surface area contributed by atoms with Crippen LogP contribution in [-0.2, 0) is 17.8 Å². The van der Waals surface area contributed by atoms with Crippen molar-refractivity contribution in [1.82, 2.24) is 14.8 Å². The average molecular weight is 341 g/mol. The highest BCUT2D eigenvalue weighted by atomic mass is 16.5. The van der Waals surface area contributed by atoms with Crippen LogP contribution in [0.3, 0.4) is 0 Å². The smallest absolute Gasteiger partial charge is 0.118 e. The molecule has 4 heterocycles. The Kier molecular flexibility index (Phi) is 4.88. The fourth-order valence-corrected chi connectivity index (χ4v) is 4.46. The maximum Gasteiger partial charge on any atom is 0.118 e. The number of piperidine rings is 1. The summed E-state index contributed by atoms with van der Waals surface area (Å²) in [5, 5.41) is 0. The van der Waals surface area contributed by atoms with E-state index in [4.69, 9.17) is 9.15 Å². The number of rotatable bonds is 5. The molecule has 2 aliphatic rings. The van der Waals surface area contributed by atoms with Gasteiger partial charge in [0, 0.05) is 57.6 Å². The van der Waals surface area contributed by atoms with E-state index in [1.165, 1.54) is 5.56 Å². The standard InChI is InChI=1S/C20H27N3O2/c1-15-5-6-17(25-15)12-23-9-7-20(24-2)18-13-22(14-19(18)23)11-16-4-3-8-21-10-16/h3-6,8,10,18-20H,7,9,11-14H2,1-2H3/t18-,19+,20-/m0/s1. The minimum absolute atomic E-state index is 0.360. The molecule has 2 saturated heterocycles. The molecule has 2 aromatic heterocycles. The van der Waals surface area contributed by atoms with Gasteiger partial charge in [-0.3, -0.25) is 14.8 Å². The van der Waals surface area contributed by atoms with Crippen molar-refractivity contribution >= 4 is 0 Å². The van der Waals surface area contributed by atoms with Crippen LogP contribution in [0, 0.1) is 12.8 Å². The number of ether oxygens (including phenoxy) is 1. The molecule has 0 aromatic carbocycles. The van der Waals surface area contributed by atoms with Gasteiger partial charge in [-0.15, -0.1) is 0 Å². The first-order valence-electron chi connectivity index (χ1n) is 9.16. The molecule has 0 bridgehead atoms. The highest BCUT2D eigenvalue weighted by Crippen LogP contribution is 2.34. The van der Waals surface area contributed by atoms with Crippen LogP contribution in [0.1, 0.15) is 23.5 Å². The van der Waals surface area contributed by atoms with Crippen molar-refractivity contribution in [3.8, 4) is 0 Å². The normalized spacial score (nSPS) is 27.5. The molecular weight excluding hydrogens is 314 g/mol. The fourth-order valence-electron chi connectivity index (χ4n) is 4.46. The molecule has 0 spiro atoms. The number of hydrogen-bond acceptors (Lipinski definition) is 5. The molecule has 0 N–H and O–H groups in total. The van der Waals surface area contributed by atoms with Crippen LogP contribution < -0.4 is 0 Å². The van der Waals surface area contributed by atoms with Gasteiger partial charge in [0.1, 0.15) is 11.5 Å². The van der Waals surface area contributed by atoms with Crippen molar-refractivity contribution < 1.29 is 9.15 Å². The van der Waals surface area contributed by atoms with Gasteiger partial charge in [-0.2, -0.15) is 0 Å². The van der Waals surface area contributed by atoms with E-state index < -0.39 is 0 Å². The van der Waals surface area contributed by atoms with E-state index in [9.17, 15) is 0 Å². The first-order valence-corrected chi connectivity index (χ1v) is 9.16. The second-order valence-corrected chi connectivity index (χ2v) is 7.33. The number of hydrogen-bond donors (Lipinski definition) is 0. The third-order valence-corrected chi connectivity index (χ3v) is 5.64. The predicted octanol–water partition coefficient (Wildman–Crippen LogP) is 2.70. The van der Waals surface area contributed by atoms with Crippen molar-refractivity contribution in [2.75, 3.05) is 26.7 Å². The lowest BCUT2D eigenvalue weighted by molar-refractivity contribution is -0.0263. The molecule has 3 atom stereocenters. The Hall–Kier alpha value is -1.69. The molecule has 0 radical (unpaired) electrons. The summed E-state index contributed by atoms with van der Waals surface area (Å²) in [5.41, 5.74) is 1.28. The quantitative estimate of drug-likeness (QED) is 0.836. The topological polar surface area (TPSA) is 41.7 Å². The molecule has 2 aromatic rings. The van der Waals surface area contributed by atoms with E-state index in [1.807, 2.05) is 32.5 Å². The minimum atomic E-state index is 0.360. The number of aromatic nitrogens is 1. The summed E-state index contributed by atoms with van der Waals surface area (Å²) < 4.78 is 11.6. The van der Waals surface area contributed by atoms with Gasteiger partial charge >= 0.3 is 0 Å². The Labute approximate surface area is 149 Å². The van der Waals surface area contributed by atoms with E-state index in [-0.39, 0.29) is 0 Å². The van der Waals surface area contributed by atoms with Gasteiger partial charge in [0.15, 0.2) is 0 Å². The number of nitrogens with zero attached hydrogens (tertiary/aromatic N) is 3. The second-order valence-electron chi connectivity index (χ2n) is 7.33. The highest BCUT2D eigenvalue weighted by molar-refractivity contribution is 5.11. The van der Waals surface area contributed by atoms with Crippen LogP contribution in [-0.4, -0.2) is 53.7 Å². The summed E-state index contributed by atoms with van der Waals surface area (Å²) in [6, 6.07) is 8.86. The average Bonchev–Trinajstić information content (AvgIpc) is 3.22. The number of methoxy groups -OCH3 is 1. The van der Waals surface area contributed by atoms with Crippen LogP contribution >= 0.6 is 0 Å². The Bertz CT molecular complexity index is 687. The van der Waals surface area contributed by atoms with Crippen LogP contribution in [0.15, 0.2) is 41.1 Å². The molecule has 4 rings (SSSR count). The third kappa shape index (κ3) is 3.64. The molecule has 0 saturated carbocycles. The van der Waals surface area contributed by atoms with Crippen molar-refractivity contribution in [2.24, 2.45) is 5.92 Å². The van der Waals surface area contributed by atoms with Crippen LogP contribution in [0.25, 0.3) is 0 Å². The first kappa shape index (κ1) is 16.8. The summed E-state index contributed by atoms with van der Waals surface area (Å²) in [6.07, 6.45) is 5.26. The Balaban J connectivity index is 1.47. The predicted molar refractivity (Wildman–Crippen MR) is 96.1 cm³/mol. The monoisotopic (exact) mass is 341 g/mol. The van der Waals surface area contributed by atoms with Crippen molar-refractivity contribution in [3.05, 3.63) is 53.7 Å². The van der Waals surface area contributed by atoms with E-state index in [2.05, 4.69) is 33.0 Å². The van der Waals surface area contributed by atoms with Gasteiger partial charge in [0.2, 0.25) is 0 Å². The number of likely N-dealkylation sites (tertiary alicyclic amines) is 2. The number of aryl methyl sites for hydroxylation is 1. The highest BCUT2D eigenvalue weighted by Gasteiger charge is 2.44. The summed E-state index contributed by atoms with van der Waals surface area (Å²) in [4.78, 5) is 9.38. The van der Waals surface area contributed by atoms with Gasteiger partial charge in [-0.1, -0.05) is 6.07 Å². The molecule has 0 unspecified atom stereocenters. The van der Waals surface area contributed by atoms with E-state index in [0.717, 1.165) is 50.7 Å². The SMILES string of the molecule is CO[C@H]1CCN(Cc2ccc(C)o2)[C@@H]2CN(Cc3cccnc3)C[C@H]12. The van der Waals surface area contributed by atoms with Crippen LogP contribution in [0.5, 0.6) is 0 Å². The fraction of sp³-hybridized carbons (Fsp3) is 0.550. The van der Waals surface area contributed by atoms with Crippen molar-refractivity contribution in [2.45, 2.75) is 38.6 Å². The molecule has 2 fully saturated rings. The molecular formula is C20H27N3O2. The molecule has 5 nitrogen and oxygen atoms in total. The van der Waals surface area contributed by atoms with Crippen molar-refractivity contribution in [3.63, 3.8) is 0 Å². The lowest BCUT2D eigenvalue weighted by Crippen LogP contribution is -2.50. The zero-order valence-corrected chi connectivity index (χ0v) is 15.1. The van der Waals surface area contributed by atoms with E-state index in [0.29, 0.717) is 18.1 Å². The summed E-state index contributed by atoms with van der Waals surface area (Å²) >= 11 is 0. The van der Waals surface area contributed by atoms with Gasteiger partial charge in [-0.05, 0) is 37.1 Å². The van der Waals surface area contributed by atoms with Crippen LogP contribution in [0.2, 0.25) is 0 Å². The zero-order chi connectivity index (χ0) is 17.2. The van der Waals surface area contributed by atoms with Gasteiger partial charge in [0.05, 0.1) is 12.6 Å². The van der Waals surface area contributed by atoms with E-state index in [1.54, 1.807) is 0 Å². The Morgan fingerprint density at radius 2 is 2.16 bits per heavy atom. The third-order valence-electron chi connectivity index (χ3n) is 5.64. The summed E-state index contributed by atoms with van der Waals surface area (Å²) in [7, 11) is 1.86. The minimum Gasteiger partial charge on any atom is -0.465 e. The number of furan rings is 1. The Morgan fingerprint density at radius 1 is 1.24 bits per heavy atom. The maximum absolute atomic E-state index is 5.82. The molecule has 5 heteroatoms. The largest absolute Gasteiger partial charge is 0.465 e. The second kappa shape index (κ2) is 7.28. The van der Waals surface area contributed by atoms with Crippen LogP contribution in [0.4, 0.5) is 0 Å². The Morgan fingerprint density at radius 3 is 2.88 bits per heavy atom. The molecule has 25 heavy (non-hydrogen) atoms. The lowest BCUT2D eigenvalue weighted by Gasteiger charge is -2.40. The van der Waals surface area contributed by atoms with Crippen molar-refractivity contribution in [1.29, 1.82) is 0 Å². The molecule has 0 aliphatic carbocycles. The lowest BCUT2D eigenvalue weighted by atomic mass is 9.89. The number of fused-ring (bicyclic) bond motifs is 1. The molecule has 0 amide bonds. The summed E-state index contributed by atoms with van der Waals surface area (Å²) in [6.45, 7) is 7.11. The van der Waals surface area contributed by atoms with Gasteiger partial charge in [0.25, 0.3) is 0 Å². The summed E-state index contributed by atoms with van der Waals surface area (Å²) in [5.74, 6) is 2.62. The zero-order valence-electron chi connectivity index (χ0n) is 15.1. The number of pyridine rings is 1. The molecule has 2 aliphatic heterocycles. The van der Waals surface area contributed by atoms with Gasteiger partial charge in [-0.25, -0.2) is 0 Å². The van der Waals surface area contributed by atoms with E-state index >= 15 is 0 Å². The molecule has 134 valence electrons. The maximum atomic E-state index is 5.82.